The van der Waals surface area contributed by atoms with Crippen molar-refractivity contribution in [3.8, 4) is 0 Å². The zero-order valence-corrected chi connectivity index (χ0v) is 14.1. The predicted molar refractivity (Wildman–Crippen MR) is 87.1 cm³/mol. The van der Waals surface area contributed by atoms with Crippen molar-refractivity contribution >= 4 is 5.82 Å². The molecule has 4 nitrogen and oxygen atoms in total. The van der Waals surface area contributed by atoms with Gasteiger partial charge in [-0.1, -0.05) is 12.1 Å². The number of anilines is 1. The van der Waals surface area contributed by atoms with E-state index in [0.29, 0.717) is 31.0 Å². The Kier molecular flexibility index (Phi) is 5.43. The van der Waals surface area contributed by atoms with E-state index in [2.05, 4.69) is 4.98 Å². The number of aliphatic hydroxyl groups excluding tert-OH is 1. The number of hydrogen-bond donors (Lipinski definition) is 2. The normalized spacial score (nSPS) is 17.3. The Morgan fingerprint density at radius 3 is 2.27 bits per heavy atom. The number of aliphatic hydroxyl groups is 1. The van der Waals surface area contributed by atoms with Crippen LogP contribution in [0.4, 0.5) is 23.4 Å². The Morgan fingerprint density at radius 1 is 1.08 bits per heavy atom. The lowest BCUT2D eigenvalue weighted by molar-refractivity contribution is -0.904. The van der Waals surface area contributed by atoms with Crippen molar-refractivity contribution in [2.45, 2.75) is 12.3 Å². The van der Waals surface area contributed by atoms with Crippen LogP contribution in [0, 0.1) is 5.82 Å². The predicted octanol–water partition coefficient (Wildman–Crippen LogP) is 1.10. The van der Waals surface area contributed by atoms with Crippen LogP contribution >= 0.6 is 0 Å². The van der Waals surface area contributed by atoms with E-state index in [-0.39, 0.29) is 5.82 Å². The van der Waals surface area contributed by atoms with Gasteiger partial charge in [-0.25, -0.2) is 9.37 Å². The Balaban J connectivity index is 1.53. The molecule has 8 heteroatoms. The Labute approximate surface area is 148 Å². The third-order valence-corrected chi connectivity index (χ3v) is 4.67. The van der Waals surface area contributed by atoms with Gasteiger partial charge in [-0.15, -0.1) is 0 Å². The largest absolute Gasteiger partial charge is 0.419 e. The molecule has 26 heavy (non-hydrogen) atoms. The fourth-order valence-electron chi connectivity index (χ4n) is 3.13. The summed E-state index contributed by atoms with van der Waals surface area (Å²) in [6.45, 7) is 3.37. The summed E-state index contributed by atoms with van der Waals surface area (Å²) in [5, 5.41) is 10.3. The highest BCUT2D eigenvalue weighted by Gasteiger charge is 2.33. The van der Waals surface area contributed by atoms with E-state index in [9.17, 15) is 22.7 Å². The van der Waals surface area contributed by atoms with E-state index in [1.165, 1.54) is 23.1 Å². The second kappa shape index (κ2) is 7.59. The van der Waals surface area contributed by atoms with E-state index in [1.54, 1.807) is 12.1 Å². The summed E-state index contributed by atoms with van der Waals surface area (Å²) < 4.78 is 50.8. The molecular formula is C18H21F4N3O+2. The van der Waals surface area contributed by atoms with Crippen LogP contribution in [0.1, 0.15) is 17.2 Å². The monoisotopic (exact) mass is 371 g/mol. The molecule has 0 saturated carbocycles. The maximum absolute atomic E-state index is 12.9. The van der Waals surface area contributed by atoms with Gasteiger partial charge in [0, 0.05) is 6.07 Å². The number of nitrogens with zero attached hydrogens (tertiary/aromatic N) is 1. The summed E-state index contributed by atoms with van der Waals surface area (Å²) in [5.41, 5.74) is -0.0228. The van der Waals surface area contributed by atoms with Gasteiger partial charge in [0.2, 0.25) is 0 Å². The summed E-state index contributed by atoms with van der Waals surface area (Å²) in [6.07, 6.45) is -4.05. The number of pyridine rings is 1. The van der Waals surface area contributed by atoms with Crippen molar-refractivity contribution in [3.63, 3.8) is 0 Å². The smallest absolute Gasteiger partial charge is 0.382 e. The van der Waals surface area contributed by atoms with Gasteiger partial charge in [0.25, 0.3) is 5.82 Å². The first-order valence-electron chi connectivity index (χ1n) is 8.44. The summed E-state index contributed by atoms with van der Waals surface area (Å²) in [7, 11) is 0. The molecule has 1 fully saturated rings. The van der Waals surface area contributed by atoms with Crippen LogP contribution in [-0.4, -0.2) is 37.8 Å². The van der Waals surface area contributed by atoms with E-state index in [1.807, 2.05) is 4.90 Å². The van der Waals surface area contributed by atoms with Gasteiger partial charge in [-0.3, -0.25) is 4.90 Å². The molecule has 1 saturated heterocycles. The topological polar surface area (TPSA) is 42.1 Å². The molecule has 1 atom stereocenters. The highest BCUT2D eigenvalue weighted by molar-refractivity contribution is 5.34. The summed E-state index contributed by atoms with van der Waals surface area (Å²) in [4.78, 5) is 5.90. The van der Waals surface area contributed by atoms with Crippen LogP contribution < -0.4 is 14.8 Å². The van der Waals surface area contributed by atoms with E-state index in [4.69, 9.17) is 0 Å². The number of rotatable bonds is 4. The van der Waals surface area contributed by atoms with Crippen molar-refractivity contribution in [1.82, 2.24) is 0 Å². The van der Waals surface area contributed by atoms with Crippen LogP contribution in [0.5, 0.6) is 0 Å². The number of nitrogens with one attached hydrogen (secondary N) is 2. The van der Waals surface area contributed by atoms with Crippen LogP contribution in [0.3, 0.4) is 0 Å². The molecule has 3 N–H and O–H groups in total. The number of aromatic nitrogens is 1. The Bertz CT molecular complexity index is 711. The number of halogens is 4. The van der Waals surface area contributed by atoms with Crippen LogP contribution in [0.25, 0.3) is 0 Å². The fourth-order valence-corrected chi connectivity index (χ4v) is 3.13. The minimum atomic E-state index is -4.35. The molecule has 1 aliphatic heterocycles. The second-order valence-electron chi connectivity index (χ2n) is 6.47. The summed E-state index contributed by atoms with van der Waals surface area (Å²) >= 11 is 0. The van der Waals surface area contributed by atoms with E-state index >= 15 is 0 Å². The maximum Gasteiger partial charge on any atom is 0.419 e. The maximum atomic E-state index is 12.9. The number of H-pyrrole nitrogens is 1. The van der Waals surface area contributed by atoms with Crippen molar-refractivity contribution in [1.29, 1.82) is 0 Å². The Morgan fingerprint density at radius 2 is 1.73 bits per heavy atom. The molecule has 0 unspecified atom stereocenters. The van der Waals surface area contributed by atoms with Crippen molar-refractivity contribution < 1.29 is 32.6 Å². The molecule has 2 aromatic rings. The molecule has 0 spiro atoms. The molecule has 0 radical (unpaired) electrons. The standard InChI is InChI=1S/C18H19F4N3O/c19-15-4-1-13(2-5-15)16(26)12-24-7-9-25(10-8-24)17-6-3-14(11-23-17)18(20,21)22/h1-6,11,16,26H,7-10,12H2/p+2/t16-/m0/s1. The molecule has 1 aromatic heterocycles. The zero-order valence-electron chi connectivity index (χ0n) is 14.1. The van der Waals surface area contributed by atoms with Crippen LogP contribution in [0.15, 0.2) is 42.6 Å². The minimum absolute atomic E-state index is 0.338. The van der Waals surface area contributed by atoms with Crippen LogP contribution in [0.2, 0.25) is 0 Å². The number of alkyl halides is 3. The van der Waals surface area contributed by atoms with Gasteiger partial charge in [0.05, 0.1) is 5.56 Å². The molecule has 1 aliphatic rings. The Hall–Kier alpha value is -2.19. The van der Waals surface area contributed by atoms with Gasteiger partial charge in [-0.2, -0.15) is 13.2 Å². The lowest BCUT2D eigenvalue weighted by Gasteiger charge is -2.29. The highest BCUT2D eigenvalue weighted by atomic mass is 19.4. The average molecular weight is 371 g/mol. The van der Waals surface area contributed by atoms with Crippen molar-refractivity contribution in [2.75, 3.05) is 37.6 Å². The van der Waals surface area contributed by atoms with Crippen molar-refractivity contribution in [2.24, 2.45) is 0 Å². The van der Waals surface area contributed by atoms with Gasteiger partial charge in [-0.05, 0) is 23.8 Å². The second-order valence-corrected chi connectivity index (χ2v) is 6.47. The lowest BCUT2D eigenvalue weighted by Crippen LogP contribution is -3.15. The molecule has 2 heterocycles. The average Bonchev–Trinajstić information content (AvgIpc) is 2.62. The first-order chi connectivity index (χ1) is 12.3. The number of piperazine rings is 1. The molecule has 0 bridgehead atoms. The summed E-state index contributed by atoms with van der Waals surface area (Å²) in [5.74, 6) is 0.311. The molecule has 140 valence electrons. The van der Waals surface area contributed by atoms with Gasteiger partial charge in [0.15, 0.2) is 0 Å². The summed E-state index contributed by atoms with van der Waals surface area (Å²) in [6, 6.07) is 8.32. The molecular weight excluding hydrogens is 350 g/mol. The number of benzene rings is 1. The quantitative estimate of drug-likeness (QED) is 0.791. The van der Waals surface area contributed by atoms with Crippen LogP contribution in [-0.2, 0) is 6.18 Å². The molecule has 1 aromatic carbocycles. The zero-order chi connectivity index (χ0) is 18.7. The molecule has 0 amide bonds. The number of quaternary nitrogens is 1. The lowest BCUT2D eigenvalue weighted by atomic mass is 10.1. The van der Waals surface area contributed by atoms with Crippen molar-refractivity contribution in [3.05, 3.63) is 59.5 Å². The minimum Gasteiger partial charge on any atom is -0.382 e. The molecule has 0 aliphatic carbocycles. The SMILES string of the molecule is O[C@@H](C[NH+]1CCN(c2ccc(C(F)(F)F)c[nH+]2)CC1)c1ccc(F)cc1. The first-order valence-corrected chi connectivity index (χ1v) is 8.44. The first kappa shape index (κ1) is 18.6. The highest BCUT2D eigenvalue weighted by Crippen LogP contribution is 2.28. The number of hydrogen-bond acceptors (Lipinski definition) is 2. The fraction of sp³-hybridized carbons (Fsp3) is 0.389. The van der Waals surface area contributed by atoms with E-state index < -0.39 is 17.8 Å². The molecule has 3 rings (SSSR count). The van der Waals surface area contributed by atoms with Gasteiger partial charge < -0.3 is 10.0 Å². The number of aromatic amines is 1. The third kappa shape index (κ3) is 4.50. The van der Waals surface area contributed by atoms with E-state index in [0.717, 1.165) is 25.4 Å². The van der Waals surface area contributed by atoms with Gasteiger partial charge in [0.1, 0.15) is 50.8 Å². The van der Waals surface area contributed by atoms with Gasteiger partial charge >= 0.3 is 6.18 Å². The third-order valence-electron chi connectivity index (χ3n) is 4.67.